The number of aromatic nitrogens is 3. The summed E-state index contributed by atoms with van der Waals surface area (Å²) in [6.45, 7) is 1.78. The molecule has 2 heterocycles. The SMILES string of the molecule is Cc1[nH]n(-c2ccc(S(C)(=N)=O)cn2)c(=O)c1-c1ccc(C#N)cc1. The quantitative estimate of drug-likeness (QED) is 0.752. The molecule has 126 valence electrons. The first-order valence-corrected chi connectivity index (χ1v) is 9.30. The molecule has 1 unspecified atom stereocenters. The molecule has 1 atom stereocenters. The predicted octanol–water partition coefficient (Wildman–Crippen LogP) is 2.44. The number of nitrogens with one attached hydrogen (secondary N) is 2. The van der Waals surface area contributed by atoms with Crippen molar-refractivity contribution in [2.24, 2.45) is 0 Å². The summed E-state index contributed by atoms with van der Waals surface area (Å²) in [6, 6.07) is 11.9. The lowest BCUT2D eigenvalue weighted by Gasteiger charge is -2.03. The zero-order valence-corrected chi connectivity index (χ0v) is 14.4. The normalized spacial score (nSPS) is 13.2. The molecule has 0 aliphatic rings. The number of nitriles is 1. The maximum Gasteiger partial charge on any atom is 0.280 e. The fourth-order valence-corrected chi connectivity index (χ4v) is 3.08. The van der Waals surface area contributed by atoms with Gasteiger partial charge in [-0.1, -0.05) is 12.1 Å². The summed E-state index contributed by atoms with van der Waals surface area (Å²) in [5, 5.41) is 11.8. The largest absolute Gasteiger partial charge is 0.293 e. The van der Waals surface area contributed by atoms with Crippen molar-refractivity contribution in [2.45, 2.75) is 11.8 Å². The van der Waals surface area contributed by atoms with Gasteiger partial charge in [-0.25, -0.2) is 18.7 Å². The van der Waals surface area contributed by atoms with Gasteiger partial charge >= 0.3 is 0 Å². The van der Waals surface area contributed by atoms with Crippen molar-refractivity contribution in [3.63, 3.8) is 0 Å². The van der Waals surface area contributed by atoms with Crippen LogP contribution in [0.5, 0.6) is 0 Å². The van der Waals surface area contributed by atoms with E-state index in [-0.39, 0.29) is 5.56 Å². The Labute approximate surface area is 144 Å². The molecule has 0 bridgehead atoms. The Bertz CT molecular complexity index is 1130. The van der Waals surface area contributed by atoms with Gasteiger partial charge in [-0.3, -0.25) is 9.89 Å². The van der Waals surface area contributed by atoms with Crippen LogP contribution in [0.2, 0.25) is 0 Å². The van der Waals surface area contributed by atoms with Crippen LogP contribution in [0.15, 0.2) is 52.3 Å². The van der Waals surface area contributed by atoms with Crippen LogP contribution in [0.1, 0.15) is 11.3 Å². The second kappa shape index (κ2) is 6.03. The molecule has 0 saturated heterocycles. The zero-order valence-electron chi connectivity index (χ0n) is 13.6. The second-order valence-corrected chi connectivity index (χ2v) is 7.80. The van der Waals surface area contributed by atoms with Gasteiger partial charge in [0.15, 0.2) is 5.82 Å². The van der Waals surface area contributed by atoms with Gasteiger partial charge in [0.25, 0.3) is 5.56 Å². The standard InChI is InChI=1S/C17H15N5O2S/c1-11-16(13-5-3-12(9-18)4-6-13)17(23)22(21-11)15-8-7-14(10-20-15)25(2,19)24/h3-8,10,19,21H,1-2H3. The second-order valence-electron chi connectivity index (χ2n) is 5.64. The molecule has 2 aromatic heterocycles. The number of nitrogens with zero attached hydrogens (tertiary/aromatic N) is 3. The monoisotopic (exact) mass is 353 g/mol. The molecular weight excluding hydrogens is 338 g/mol. The van der Waals surface area contributed by atoms with Crippen molar-refractivity contribution in [3.8, 4) is 23.0 Å². The maximum absolute atomic E-state index is 12.8. The third-order valence-corrected chi connectivity index (χ3v) is 4.91. The van der Waals surface area contributed by atoms with Crippen molar-refractivity contribution >= 4 is 9.73 Å². The minimum absolute atomic E-state index is 0.273. The van der Waals surface area contributed by atoms with Gasteiger partial charge in [0.1, 0.15) is 0 Å². The van der Waals surface area contributed by atoms with Crippen molar-refractivity contribution in [1.29, 1.82) is 10.0 Å². The average molecular weight is 353 g/mol. The summed E-state index contributed by atoms with van der Waals surface area (Å²) in [4.78, 5) is 17.2. The van der Waals surface area contributed by atoms with Crippen molar-refractivity contribution in [3.05, 3.63) is 64.2 Å². The highest BCUT2D eigenvalue weighted by atomic mass is 32.2. The van der Waals surface area contributed by atoms with Gasteiger partial charge in [0, 0.05) is 18.1 Å². The van der Waals surface area contributed by atoms with Crippen molar-refractivity contribution in [1.82, 2.24) is 14.8 Å². The van der Waals surface area contributed by atoms with Crippen LogP contribution in [0.4, 0.5) is 0 Å². The van der Waals surface area contributed by atoms with E-state index < -0.39 is 9.73 Å². The van der Waals surface area contributed by atoms with E-state index in [1.165, 1.54) is 23.2 Å². The molecule has 0 spiro atoms. The summed E-state index contributed by atoms with van der Waals surface area (Å²) >= 11 is 0. The summed E-state index contributed by atoms with van der Waals surface area (Å²) in [6.07, 6.45) is 2.66. The first kappa shape index (κ1) is 16.7. The van der Waals surface area contributed by atoms with Crippen molar-refractivity contribution < 1.29 is 4.21 Å². The third kappa shape index (κ3) is 3.09. The number of H-pyrrole nitrogens is 1. The van der Waals surface area contributed by atoms with Gasteiger partial charge in [0.05, 0.1) is 31.8 Å². The Kier molecular flexibility index (Phi) is 4.02. The van der Waals surface area contributed by atoms with Crippen LogP contribution in [0, 0.1) is 23.0 Å². The molecule has 0 aliphatic carbocycles. The van der Waals surface area contributed by atoms with Crippen molar-refractivity contribution in [2.75, 3.05) is 6.26 Å². The van der Waals surface area contributed by atoms with E-state index in [4.69, 9.17) is 10.0 Å². The summed E-state index contributed by atoms with van der Waals surface area (Å²) in [5.74, 6) is 0.348. The summed E-state index contributed by atoms with van der Waals surface area (Å²) < 4.78 is 20.6. The first-order chi connectivity index (χ1) is 11.8. The van der Waals surface area contributed by atoms with Gasteiger partial charge in [-0.2, -0.15) is 5.26 Å². The number of pyridine rings is 1. The minimum atomic E-state index is -2.85. The number of hydrogen-bond acceptors (Lipinski definition) is 5. The van der Waals surface area contributed by atoms with Crippen LogP contribution in [0.3, 0.4) is 0 Å². The molecule has 2 N–H and O–H groups in total. The van der Waals surface area contributed by atoms with Crippen LogP contribution in [-0.2, 0) is 9.73 Å². The van der Waals surface area contributed by atoms with E-state index in [0.717, 1.165) is 0 Å². The Morgan fingerprint density at radius 2 is 1.92 bits per heavy atom. The third-order valence-electron chi connectivity index (χ3n) is 3.77. The fourth-order valence-electron chi connectivity index (χ4n) is 2.49. The van der Waals surface area contributed by atoms with Crippen LogP contribution >= 0.6 is 0 Å². The molecule has 3 aromatic rings. The lowest BCUT2D eigenvalue weighted by atomic mass is 10.1. The van der Waals surface area contributed by atoms with E-state index in [0.29, 0.717) is 33.1 Å². The predicted molar refractivity (Wildman–Crippen MR) is 94.1 cm³/mol. The van der Waals surface area contributed by atoms with E-state index in [1.54, 1.807) is 37.3 Å². The molecule has 0 radical (unpaired) electrons. The molecule has 0 aliphatic heterocycles. The number of aromatic amines is 1. The highest BCUT2D eigenvalue weighted by Crippen LogP contribution is 2.20. The topological polar surface area (TPSA) is 115 Å². The van der Waals surface area contributed by atoms with Gasteiger partial charge in [-0.05, 0) is 36.8 Å². The van der Waals surface area contributed by atoms with Gasteiger partial charge in [0.2, 0.25) is 0 Å². The van der Waals surface area contributed by atoms with E-state index in [9.17, 15) is 9.00 Å². The highest BCUT2D eigenvalue weighted by molar-refractivity contribution is 7.91. The molecule has 0 amide bonds. The zero-order chi connectivity index (χ0) is 18.2. The maximum atomic E-state index is 12.8. The lowest BCUT2D eigenvalue weighted by molar-refractivity contribution is 0.678. The molecule has 7 nitrogen and oxygen atoms in total. The summed E-state index contributed by atoms with van der Waals surface area (Å²) in [7, 11) is -2.85. The van der Waals surface area contributed by atoms with Crippen LogP contribution in [0.25, 0.3) is 16.9 Å². The highest BCUT2D eigenvalue weighted by Gasteiger charge is 2.15. The molecule has 25 heavy (non-hydrogen) atoms. The molecule has 8 heteroatoms. The van der Waals surface area contributed by atoms with Gasteiger partial charge < -0.3 is 0 Å². The Balaban J connectivity index is 2.08. The molecule has 3 rings (SSSR count). The Morgan fingerprint density at radius 1 is 1.24 bits per heavy atom. The van der Waals surface area contributed by atoms with E-state index >= 15 is 0 Å². The van der Waals surface area contributed by atoms with Crippen LogP contribution < -0.4 is 5.56 Å². The number of rotatable bonds is 3. The number of aryl methyl sites for hydroxylation is 1. The molecular formula is C17H15N5O2S. The number of hydrogen-bond donors (Lipinski definition) is 2. The minimum Gasteiger partial charge on any atom is -0.293 e. The fraction of sp³-hybridized carbons (Fsp3) is 0.118. The smallest absolute Gasteiger partial charge is 0.280 e. The summed E-state index contributed by atoms with van der Waals surface area (Å²) in [5.41, 5.74) is 2.12. The molecule has 1 aromatic carbocycles. The van der Waals surface area contributed by atoms with E-state index in [2.05, 4.69) is 10.1 Å². The first-order valence-electron chi connectivity index (χ1n) is 7.33. The van der Waals surface area contributed by atoms with Gasteiger partial charge in [-0.15, -0.1) is 0 Å². The van der Waals surface area contributed by atoms with Crippen LogP contribution in [-0.4, -0.2) is 25.2 Å². The Morgan fingerprint density at radius 3 is 2.44 bits per heavy atom. The number of benzene rings is 1. The molecule has 0 saturated carbocycles. The van der Waals surface area contributed by atoms with E-state index in [1.807, 2.05) is 6.07 Å². The molecule has 0 fully saturated rings. The lowest BCUT2D eigenvalue weighted by Crippen LogP contribution is -2.17. The Hall–Kier alpha value is -3.18. The average Bonchev–Trinajstić information content (AvgIpc) is 2.89.